The van der Waals surface area contributed by atoms with Crippen molar-refractivity contribution in [3.63, 3.8) is 0 Å². The Labute approximate surface area is 388 Å². The molecule has 11 heteroatoms. The van der Waals surface area contributed by atoms with Gasteiger partial charge in [0, 0.05) is 27.7 Å². The van der Waals surface area contributed by atoms with Crippen LogP contribution < -0.4 is 0 Å². The fraction of sp³-hybridized carbons (Fsp3) is 0.519. The standard InChI is InChI=1S/C54H74O11/c1-34(21-17-23-36(3)25-27-46-38(5)29-44(59)31-53(46,11)12)19-15-16-20-35(2)22-18-24-37(4)26-28-47-39(6)30-45(32-54(47,13)14)64-52-51(63-43(10)58)50(62-42(9)57)49(61-41(8)56)48(65-52)33-60-40(7)55/h15-28,44-45,48-52,59H,29-33H2,1-14H3/b16-15+,21-17+,22-18+,27-25+,28-26+,34-19+,35-20+,36-23+,37-24+/t44-,45-,48-,49-,50+,51-,52-/m1/s1. The first-order chi connectivity index (χ1) is 30.4. The van der Waals surface area contributed by atoms with E-state index in [1.165, 1.54) is 44.4 Å². The van der Waals surface area contributed by atoms with Crippen molar-refractivity contribution in [2.24, 2.45) is 10.8 Å². The summed E-state index contributed by atoms with van der Waals surface area (Å²) in [6, 6.07) is 0. The van der Waals surface area contributed by atoms with Crippen molar-refractivity contribution >= 4 is 23.9 Å². The Hall–Kier alpha value is -5.10. The van der Waals surface area contributed by atoms with Crippen molar-refractivity contribution in [3.8, 4) is 0 Å². The van der Waals surface area contributed by atoms with E-state index in [2.05, 4.69) is 136 Å². The third-order valence-electron chi connectivity index (χ3n) is 11.5. The first-order valence-electron chi connectivity index (χ1n) is 22.5. The third-order valence-corrected chi connectivity index (χ3v) is 11.5. The zero-order valence-corrected chi connectivity index (χ0v) is 41.2. The van der Waals surface area contributed by atoms with Crippen molar-refractivity contribution in [2.75, 3.05) is 6.61 Å². The van der Waals surface area contributed by atoms with Crippen LogP contribution in [0.4, 0.5) is 0 Å². The van der Waals surface area contributed by atoms with E-state index in [0.29, 0.717) is 12.8 Å². The van der Waals surface area contributed by atoms with Crippen molar-refractivity contribution in [1.82, 2.24) is 0 Å². The Balaban J connectivity index is 1.66. The van der Waals surface area contributed by atoms with Crippen LogP contribution in [0.25, 0.3) is 0 Å². The molecule has 0 aromatic rings. The molecule has 1 heterocycles. The predicted molar refractivity (Wildman–Crippen MR) is 255 cm³/mol. The van der Waals surface area contributed by atoms with E-state index in [0.717, 1.165) is 40.7 Å². The fourth-order valence-electron chi connectivity index (χ4n) is 8.68. The number of hydrogen-bond donors (Lipinski definition) is 1. The molecule has 0 saturated carbocycles. The number of rotatable bonds is 17. The Morgan fingerprint density at radius 2 is 1.02 bits per heavy atom. The van der Waals surface area contributed by atoms with Crippen LogP contribution in [-0.4, -0.2) is 78.5 Å². The molecule has 3 rings (SSSR count). The predicted octanol–water partition coefficient (Wildman–Crippen LogP) is 10.7. The Morgan fingerprint density at radius 3 is 1.48 bits per heavy atom. The van der Waals surface area contributed by atoms with Crippen molar-refractivity contribution in [3.05, 3.63) is 130 Å². The molecule has 1 N–H and O–H groups in total. The quantitative estimate of drug-likeness (QED) is 0.0846. The Morgan fingerprint density at radius 1 is 0.585 bits per heavy atom. The van der Waals surface area contributed by atoms with Crippen molar-refractivity contribution < 1.29 is 52.7 Å². The van der Waals surface area contributed by atoms with Gasteiger partial charge in [-0.15, -0.1) is 0 Å². The summed E-state index contributed by atoms with van der Waals surface area (Å²) in [5.74, 6) is -2.67. The monoisotopic (exact) mass is 899 g/mol. The number of carbonyl (C=O) groups excluding carboxylic acids is 4. The summed E-state index contributed by atoms with van der Waals surface area (Å²) in [6.07, 6.45) is 25.1. The van der Waals surface area contributed by atoms with Gasteiger partial charge < -0.3 is 33.5 Å². The summed E-state index contributed by atoms with van der Waals surface area (Å²) in [5.41, 5.74) is 8.99. The minimum absolute atomic E-state index is 0.0335. The van der Waals surface area contributed by atoms with Crippen LogP contribution in [0.3, 0.4) is 0 Å². The lowest BCUT2D eigenvalue weighted by Crippen LogP contribution is -2.63. The SMILES string of the molecule is CC(=O)OC[C@H]1O[C@@H](O[C@@H]2CC(C)=C(/C=C/C(C)=C/C=C/C(C)=C/C=C/C=C(C)/C=C/C=C(C)/C=C/C3=C(C)C[C@@H](O)CC3(C)C)C(C)(C)C2)[C@H](OC(C)=O)[C@@H](OC(C)=O)[C@@H]1OC(C)=O. The van der Waals surface area contributed by atoms with Crippen LogP contribution >= 0.6 is 0 Å². The third kappa shape index (κ3) is 18.0. The molecule has 0 amide bonds. The lowest BCUT2D eigenvalue weighted by molar-refractivity contribution is -0.318. The largest absolute Gasteiger partial charge is 0.463 e. The number of aliphatic hydroxyl groups excluding tert-OH is 1. The van der Waals surface area contributed by atoms with Gasteiger partial charge in [-0.05, 0) is 89.2 Å². The van der Waals surface area contributed by atoms with Gasteiger partial charge in [-0.1, -0.05) is 146 Å². The van der Waals surface area contributed by atoms with E-state index in [9.17, 15) is 24.3 Å². The molecule has 2 aliphatic carbocycles. The van der Waals surface area contributed by atoms with Gasteiger partial charge in [-0.25, -0.2) is 0 Å². The highest BCUT2D eigenvalue weighted by Gasteiger charge is 2.53. The molecule has 1 fully saturated rings. The maximum absolute atomic E-state index is 12.3. The minimum Gasteiger partial charge on any atom is -0.463 e. The van der Waals surface area contributed by atoms with E-state index < -0.39 is 54.6 Å². The van der Waals surface area contributed by atoms with Gasteiger partial charge in [-0.2, -0.15) is 0 Å². The zero-order valence-electron chi connectivity index (χ0n) is 41.2. The van der Waals surface area contributed by atoms with Crippen LogP contribution in [-0.2, 0) is 47.6 Å². The molecule has 0 aromatic carbocycles. The van der Waals surface area contributed by atoms with Gasteiger partial charge in [0.2, 0.25) is 0 Å². The number of allylic oxidation sites excluding steroid dienone is 20. The zero-order chi connectivity index (χ0) is 48.6. The van der Waals surface area contributed by atoms with E-state index in [-0.39, 0.29) is 29.6 Å². The number of aliphatic hydroxyl groups is 1. The van der Waals surface area contributed by atoms with Crippen LogP contribution in [0.2, 0.25) is 0 Å². The molecule has 0 spiro atoms. The minimum atomic E-state index is -1.29. The number of ether oxygens (including phenoxy) is 6. The molecule has 356 valence electrons. The summed E-state index contributed by atoms with van der Waals surface area (Å²) in [5, 5.41) is 10.2. The second-order valence-electron chi connectivity index (χ2n) is 18.9. The number of hydrogen-bond acceptors (Lipinski definition) is 11. The molecule has 7 atom stereocenters. The Kier molecular flexibility index (Phi) is 20.8. The molecular formula is C54H74O11. The maximum atomic E-state index is 12.3. The molecule has 0 bridgehead atoms. The summed E-state index contributed by atoms with van der Waals surface area (Å²) in [7, 11) is 0. The molecule has 0 unspecified atom stereocenters. The highest BCUT2D eigenvalue weighted by molar-refractivity contribution is 5.68. The second kappa shape index (κ2) is 25.0. The highest BCUT2D eigenvalue weighted by atomic mass is 16.7. The van der Waals surface area contributed by atoms with Gasteiger partial charge in [0.25, 0.3) is 0 Å². The van der Waals surface area contributed by atoms with Crippen LogP contribution in [0.5, 0.6) is 0 Å². The van der Waals surface area contributed by atoms with Crippen molar-refractivity contribution in [1.29, 1.82) is 0 Å². The Bertz CT molecular complexity index is 2080. The van der Waals surface area contributed by atoms with E-state index in [1.54, 1.807) is 0 Å². The van der Waals surface area contributed by atoms with Gasteiger partial charge in [0.15, 0.2) is 24.6 Å². The number of esters is 4. The molecule has 65 heavy (non-hydrogen) atoms. The van der Waals surface area contributed by atoms with E-state index in [1.807, 2.05) is 18.2 Å². The lowest BCUT2D eigenvalue weighted by atomic mass is 9.71. The van der Waals surface area contributed by atoms with E-state index >= 15 is 0 Å². The average molecular weight is 899 g/mol. The second-order valence-corrected chi connectivity index (χ2v) is 18.9. The normalized spacial score (nSPS) is 27.1. The molecule has 0 aromatic heterocycles. The van der Waals surface area contributed by atoms with Gasteiger partial charge in [-0.3, -0.25) is 19.2 Å². The molecular weight excluding hydrogens is 825 g/mol. The van der Waals surface area contributed by atoms with Crippen molar-refractivity contribution in [2.45, 2.75) is 166 Å². The highest BCUT2D eigenvalue weighted by Crippen LogP contribution is 2.44. The van der Waals surface area contributed by atoms with E-state index in [4.69, 9.17) is 28.4 Å². The molecule has 1 aliphatic heterocycles. The molecule has 0 radical (unpaired) electrons. The summed E-state index contributed by atoms with van der Waals surface area (Å²) >= 11 is 0. The maximum Gasteiger partial charge on any atom is 0.303 e. The smallest absolute Gasteiger partial charge is 0.303 e. The van der Waals surface area contributed by atoms with Gasteiger partial charge >= 0.3 is 23.9 Å². The summed E-state index contributed by atoms with van der Waals surface area (Å²) < 4.78 is 34.6. The first kappa shape index (κ1) is 54.2. The molecule has 11 nitrogen and oxygen atoms in total. The summed E-state index contributed by atoms with van der Waals surface area (Å²) in [6.45, 7) is 25.6. The van der Waals surface area contributed by atoms with Gasteiger partial charge in [0.1, 0.15) is 12.7 Å². The first-order valence-corrected chi connectivity index (χ1v) is 22.5. The van der Waals surface area contributed by atoms with Gasteiger partial charge in [0.05, 0.1) is 12.2 Å². The summed E-state index contributed by atoms with van der Waals surface area (Å²) in [4.78, 5) is 48.5. The van der Waals surface area contributed by atoms with Crippen LogP contribution in [0.1, 0.15) is 123 Å². The average Bonchev–Trinajstić information content (AvgIpc) is 3.16. The van der Waals surface area contributed by atoms with Crippen LogP contribution in [0, 0.1) is 10.8 Å². The number of carbonyl (C=O) groups is 4. The molecule has 3 aliphatic rings. The molecule has 1 saturated heterocycles. The topological polar surface area (TPSA) is 144 Å². The fourth-order valence-corrected chi connectivity index (χ4v) is 8.68. The lowest BCUT2D eigenvalue weighted by Gasteiger charge is -2.46. The van der Waals surface area contributed by atoms with Crippen LogP contribution in [0.15, 0.2) is 130 Å².